The number of ether oxygens (including phenoxy) is 2. The van der Waals surface area contributed by atoms with E-state index in [1.54, 1.807) is 11.8 Å². The van der Waals surface area contributed by atoms with E-state index in [4.69, 9.17) is 9.47 Å². The summed E-state index contributed by atoms with van der Waals surface area (Å²) in [6, 6.07) is 4.19. The lowest BCUT2D eigenvalue weighted by Gasteiger charge is -2.27. The number of benzene rings is 1. The molecule has 1 aliphatic carbocycles. The topological polar surface area (TPSA) is 38.8 Å². The normalized spacial score (nSPS) is 24.3. The van der Waals surface area contributed by atoms with Crippen LogP contribution in [0.3, 0.4) is 0 Å². The third-order valence-corrected chi connectivity index (χ3v) is 5.07. The van der Waals surface area contributed by atoms with Crippen LogP contribution in [-0.2, 0) is 4.79 Å². The van der Waals surface area contributed by atoms with Crippen molar-refractivity contribution in [3.8, 4) is 11.5 Å². The number of carbonyl (C=O) groups is 1. The van der Waals surface area contributed by atoms with Gasteiger partial charge in [0.25, 0.3) is 0 Å². The Bertz CT molecular complexity index is 570. The van der Waals surface area contributed by atoms with E-state index in [-0.39, 0.29) is 5.91 Å². The lowest BCUT2D eigenvalue weighted by molar-refractivity contribution is -0.127. The van der Waals surface area contributed by atoms with Crippen molar-refractivity contribution in [1.29, 1.82) is 0 Å². The molecule has 1 aliphatic heterocycles. The summed E-state index contributed by atoms with van der Waals surface area (Å²) in [4.78, 5) is 13.4. The summed E-state index contributed by atoms with van der Waals surface area (Å²) in [5.74, 6) is 3.11. The molecule has 4 heteroatoms. The van der Waals surface area contributed by atoms with Crippen LogP contribution >= 0.6 is 0 Å². The minimum Gasteiger partial charge on any atom is -0.486 e. The molecule has 0 N–H and O–H groups in total. The number of amides is 1. The highest BCUT2D eigenvalue weighted by Crippen LogP contribution is 2.53. The van der Waals surface area contributed by atoms with Gasteiger partial charge in [-0.2, -0.15) is 0 Å². The number of carbonyl (C=O) groups excluding carboxylic acids is 1. The maximum absolute atomic E-state index is 11.6. The molecule has 1 heterocycles. The Morgan fingerprint density at radius 2 is 1.87 bits per heavy atom. The number of fused-ring (bicyclic) bond motifs is 3. The molecule has 128 valence electrons. The standard InChI is InChI=1S/C17H23NO3.C2H6/c1-10-11(2)14(9-18(4)12(3)19)16-13(10)5-6-15-17(16)21-8-7-20-15;1-2/h5-6,10-11,14H,7-9H2,1-4H3;1-2H3. The summed E-state index contributed by atoms with van der Waals surface area (Å²) in [5.41, 5.74) is 2.59. The predicted octanol–water partition coefficient (Wildman–Crippen LogP) is 3.80. The maximum Gasteiger partial charge on any atom is 0.219 e. The van der Waals surface area contributed by atoms with Crippen LogP contribution in [0.25, 0.3) is 0 Å². The van der Waals surface area contributed by atoms with E-state index in [0.717, 1.165) is 18.0 Å². The molecule has 2 aliphatic rings. The molecule has 0 saturated carbocycles. The third-order valence-electron chi connectivity index (χ3n) is 5.07. The van der Waals surface area contributed by atoms with E-state index < -0.39 is 0 Å². The van der Waals surface area contributed by atoms with Crippen LogP contribution in [-0.4, -0.2) is 37.6 Å². The van der Waals surface area contributed by atoms with Gasteiger partial charge >= 0.3 is 0 Å². The van der Waals surface area contributed by atoms with E-state index in [2.05, 4.69) is 19.9 Å². The second-order valence-electron chi connectivity index (χ2n) is 6.25. The summed E-state index contributed by atoms with van der Waals surface area (Å²) in [6.45, 7) is 12.1. The van der Waals surface area contributed by atoms with Crippen molar-refractivity contribution in [1.82, 2.24) is 4.90 Å². The van der Waals surface area contributed by atoms with E-state index in [1.165, 1.54) is 11.1 Å². The number of hydrogen-bond acceptors (Lipinski definition) is 3. The van der Waals surface area contributed by atoms with Gasteiger partial charge in [0.1, 0.15) is 13.2 Å². The van der Waals surface area contributed by atoms with Crippen LogP contribution in [0.1, 0.15) is 57.6 Å². The molecule has 0 bridgehead atoms. The van der Waals surface area contributed by atoms with Gasteiger partial charge in [0.2, 0.25) is 5.91 Å². The zero-order valence-electron chi connectivity index (χ0n) is 15.2. The fraction of sp³-hybridized carbons (Fsp3) is 0.632. The van der Waals surface area contributed by atoms with Crippen molar-refractivity contribution in [2.45, 2.75) is 46.5 Å². The molecular formula is C19H29NO3. The number of likely N-dealkylation sites (N-methyl/N-ethyl adjacent to an activating group) is 1. The summed E-state index contributed by atoms with van der Waals surface area (Å²) in [5, 5.41) is 0. The lowest BCUT2D eigenvalue weighted by Crippen LogP contribution is -2.30. The Balaban J connectivity index is 0.000000924. The molecule has 3 rings (SSSR count). The fourth-order valence-corrected chi connectivity index (χ4v) is 3.51. The van der Waals surface area contributed by atoms with Crippen LogP contribution in [0.2, 0.25) is 0 Å². The van der Waals surface area contributed by atoms with Gasteiger partial charge in [0.05, 0.1) is 0 Å². The van der Waals surface area contributed by atoms with Gasteiger partial charge in [0, 0.05) is 32.0 Å². The van der Waals surface area contributed by atoms with Crippen molar-refractivity contribution in [3.05, 3.63) is 23.3 Å². The second-order valence-corrected chi connectivity index (χ2v) is 6.25. The molecule has 1 aromatic carbocycles. The minimum absolute atomic E-state index is 0.102. The third kappa shape index (κ3) is 3.17. The van der Waals surface area contributed by atoms with Crippen molar-refractivity contribution in [2.24, 2.45) is 5.92 Å². The molecule has 1 amide bonds. The van der Waals surface area contributed by atoms with E-state index >= 15 is 0 Å². The average Bonchev–Trinajstić information content (AvgIpc) is 2.82. The van der Waals surface area contributed by atoms with Gasteiger partial charge < -0.3 is 14.4 Å². The Labute approximate surface area is 139 Å². The molecule has 0 fully saturated rings. The summed E-state index contributed by atoms with van der Waals surface area (Å²) < 4.78 is 11.6. The summed E-state index contributed by atoms with van der Waals surface area (Å²) in [6.07, 6.45) is 0. The van der Waals surface area contributed by atoms with Crippen molar-refractivity contribution in [2.75, 3.05) is 26.8 Å². The van der Waals surface area contributed by atoms with Crippen LogP contribution in [0.4, 0.5) is 0 Å². The summed E-state index contributed by atoms with van der Waals surface area (Å²) >= 11 is 0. The van der Waals surface area contributed by atoms with Gasteiger partial charge in [-0.25, -0.2) is 0 Å². The lowest BCUT2D eigenvalue weighted by atomic mass is 9.89. The van der Waals surface area contributed by atoms with Crippen LogP contribution in [0, 0.1) is 5.92 Å². The SMILES string of the molecule is CC.CC(=O)N(C)CC1c2c(ccc3c2OCCO3)C(C)C1C. The first kappa shape index (κ1) is 17.6. The first-order chi connectivity index (χ1) is 11.0. The Kier molecular flexibility index (Phi) is 5.55. The second kappa shape index (κ2) is 7.24. The molecule has 1 aromatic rings. The number of hydrogen-bond donors (Lipinski definition) is 0. The zero-order chi connectivity index (χ0) is 17.1. The van der Waals surface area contributed by atoms with Crippen molar-refractivity contribution < 1.29 is 14.3 Å². The Morgan fingerprint density at radius 1 is 1.22 bits per heavy atom. The molecule has 3 unspecified atom stereocenters. The molecular weight excluding hydrogens is 290 g/mol. The largest absolute Gasteiger partial charge is 0.486 e. The first-order valence-corrected chi connectivity index (χ1v) is 8.64. The summed E-state index contributed by atoms with van der Waals surface area (Å²) in [7, 11) is 1.87. The molecule has 23 heavy (non-hydrogen) atoms. The van der Waals surface area contributed by atoms with Gasteiger partial charge in [-0.15, -0.1) is 0 Å². The molecule has 0 saturated heterocycles. The highest BCUT2D eigenvalue weighted by Gasteiger charge is 2.40. The number of rotatable bonds is 2. The van der Waals surface area contributed by atoms with Gasteiger partial charge in [0.15, 0.2) is 11.5 Å². The van der Waals surface area contributed by atoms with Crippen LogP contribution < -0.4 is 9.47 Å². The molecule has 0 spiro atoms. The molecule has 3 atom stereocenters. The zero-order valence-corrected chi connectivity index (χ0v) is 15.2. The van der Waals surface area contributed by atoms with E-state index in [0.29, 0.717) is 31.0 Å². The van der Waals surface area contributed by atoms with Crippen molar-refractivity contribution >= 4 is 5.91 Å². The van der Waals surface area contributed by atoms with E-state index in [9.17, 15) is 4.79 Å². The Hall–Kier alpha value is -1.71. The van der Waals surface area contributed by atoms with Gasteiger partial charge in [-0.05, 0) is 23.5 Å². The molecule has 0 aromatic heterocycles. The number of nitrogens with zero attached hydrogens (tertiary/aromatic N) is 1. The van der Waals surface area contributed by atoms with Gasteiger partial charge in [-0.3, -0.25) is 4.79 Å². The predicted molar refractivity (Wildman–Crippen MR) is 92.4 cm³/mol. The highest BCUT2D eigenvalue weighted by atomic mass is 16.6. The van der Waals surface area contributed by atoms with Crippen molar-refractivity contribution in [3.63, 3.8) is 0 Å². The minimum atomic E-state index is 0.102. The van der Waals surface area contributed by atoms with Crippen LogP contribution in [0.5, 0.6) is 11.5 Å². The molecule has 4 nitrogen and oxygen atoms in total. The van der Waals surface area contributed by atoms with Gasteiger partial charge in [-0.1, -0.05) is 33.8 Å². The average molecular weight is 319 g/mol. The fourth-order valence-electron chi connectivity index (χ4n) is 3.51. The first-order valence-electron chi connectivity index (χ1n) is 8.64. The monoisotopic (exact) mass is 319 g/mol. The molecule has 0 radical (unpaired) electrons. The smallest absolute Gasteiger partial charge is 0.219 e. The highest BCUT2D eigenvalue weighted by molar-refractivity contribution is 5.73. The maximum atomic E-state index is 11.6. The van der Waals surface area contributed by atoms with E-state index in [1.807, 2.05) is 27.0 Å². The Morgan fingerprint density at radius 3 is 2.52 bits per heavy atom. The van der Waals surface area contributed by atoms with Crippen LogP contribution in [0.15, 0.2) is 12.1 Å². The quantitative estimate of drug-likeness (QED) is 0.832.